The van der Waals surface area contributed by atoms with Crippen molar-refractivity contribution < 1.29 is 33.8 Å². The van der Waals surface area contributed by atoms with Gasteiger partial charge in [0, 0.05) is 43.7 Å². The second-order valence-corrected chi connectivity index (χ2v) is 11.9. The number of rotatable bonds is 15. The average Bonchev–Trinajstić information content (AvgIpc) is 3.64. The minimum absolute atomic E-state index is 0.0362. The zero-order valence-corrected chi connectivity index (χ0v) is 26.8. The Labute approximate surface area is 278 Å². The van der Waals surface area contributed by atoms with Gasteiger partial charge in [0.05, 0.1) is 26.1 Å². The van der Waals surface area contributed by atoms with Gasteiger partial charge in [0.15, 0.2) is 11.9 Å². The van der Waals surface area contributed by atoms with Gasteiger partial charge in [0.1, 0.15) is 12.1 Å². The molecule has 5 rings (SSSR count). The Morgan fingerprint density at radius 3 is 2.46 bits per heavy atom. The summed E-state index contributed by atoms with van der Waals surface area (Å²) < 4.78 is 10.5. The van der Waals surface area contributed by atoms with E-state index in [1.165, 1.54) is 6.33 Å². The van der Waals surface area contributed by atoms with Crippen LogP contribution in [0.3, 0.4) is 0 Å². The Hall–Kier alpha value is -4.91. The number of hydrogen-bond donors (Lipinski definition) is 5. The average molecular weight is 656 g/mol. The molecule has 5 atom stereocenters. The summed E-state index contributed by atoms with van der Waals surface area (Å²) in [5, 5.41) is 21.6. The molecule has 12 nitrogen and oxygen atoms in total. The smallest absolute Gasteiger partial charge is 0.336 e. The van der Waals surface area contributed by atoms with Crippen molar-refractivity contribution in [3.8, 4) is 0 Å². The Morgan fingerprint density at radius 2 is 1.73 bits per heavy atom. The SMILES string of the molecule is COC(=O)C(O)[C@H](Cc1ccccc1)NC(=O)[C@H](Cc1cnc[nH]1)NC(=O)C(CC(=O)C1CNCCO1)Cc1cccc2ccccc12. The lowest BCUT2D eigenvalue weighted by atomic mass is 9.89. The molecule has 12 heteroatoms. The third-order valence-corrected chi connectivity index (χ3v) is 8.51. The summed E-state index contributed by atoms with van der Waals surface area (Å²) in [5.74, 6) is -3.06. The number of aliphatic hydroxyl groups is 1. The van der Waals surface area contributed by atoms with Crippen LogP contribution < -0.4 is 16.0 Å². The lowest BCUT2D eigenvalue weighted by molar-refractivity contribution is -0.152. The number of amides is 2. The van der Waals surface area contributed by atoms with Gasteiger partial charge in [-0.15, -0.1) is 0 Å². The molecule has 0 bridgehead atoms. The van der Waals surface area contributed by atoms with Crippen molar-refractivity contribution in [3.63, 3.8) is 0 Å². The van der Waals surface area contributed by atoms with Gasteiger partial charge < -0.3 is 35.5 Å². The number of ketones is 1. The maximum atomic E-state index is 14.2. The van der Waals surface area contributed by atoms with E-state index in [4.69, 9.17) is 9.47 Å². The fraction of sp³-hybridized carbons (Fsp3) is 0.361. The van der Waals surface area contributed by atoms with E-state index in [9.17, 15) is 24.3 Å². The van der Waals surface area contributed by atoms with Gasteiger partial charge >= 0.3 is 5.97 Å². The predicted molar refractivity (Wildman–Crippen MR) is 178 cm³/mol. The highest BCUT2D eigenvalue weighted by Gasteiger charge is 2.34. The molecule has 1 aliphatic heterocycles. The number of ether oxygens (including phenoxy) is 2. The number of aromatic nitrogens is 2. The fourth-order valence-electron chi connectivity index (χ4n) is 5.93. The van der Waals surface area contributed by atoms with Gasteiger partial charge in [-0.2, -0.15) is 0 Å². The van der Waals surface area contributed by atoms with Crippen LogP contribution in [0, 0.1) is 5.92 Å². The number of Topliss-reactive ketones (excluding diaryl/α,β-unsaturated/α-hetero) is 1. The molecule has 0 saturated carbocycles. The van der Waals surface area contributed by atoms with Crippen LogP contribution in [0.5, 0.6) is 0 Å². The molecule has 3 unspecified atom stereocenters. The molecule has 0 aliphatic carbocycles. The number of aromatic amines is 1. The highest BCUT2D eigenvalue weighted by molar-refractivity contribution is 5.93. The number of morpholine rings is 1. The van der Waals surface area contributed by atoms with Crippen LogP contribution in [0.15, 0.2) is 85.3 Å². The quantitative estimate of drug-likeness (QED) is 0.120. The summed E-state index contributed by atoms with van der Waals surface area (Å²) in [4.78, 5) is 60.9. The normalized spacial score (nSPS) is 17.1. The molecule has 1 fully saturated rings. The number of nitrogens with one attached hydrogen (secondary N) is 4. The third kappa shape index (κ3) is 9.12. The van der Waals surface area contributed by atoms with Crippen molar-refractivity contribution in [2.24, 2.45) is 5.92 Å². The summed E-state index contributed by atoms with van der Waals surface area (Å²) in [7, 11) is 1.15. The van der Waals surface area contributed by atoms with E-state index in [1.54, 1.807) is 6.20 Å². The number of aliphatic hydroxyl groups excluding tert-OH is 1. The van der Waals surface area contributed by atoms with E-state index in [0.29, 0.717) is 25.4 Å². The van der Waals surface area contributed by atoms with E-state index >= 15 is 0 Å². The second-order valence-electron chi connectivity index (χ2n) is 11.9. The van der Waals surface area contributed by atoms with Crippen LogP contribution in [0.1, 0.15) is 23.2 Å². The number of nitrogens with zero attached hydrogens (tertiary/aromatic N) is 1. The molecule has 2 heterocycles. The van der Waals surface area contributed by atoms with Crippen molar-refractivity contribution in [2.75, 3.05) is 26.8 Å². The summed E-state index contributed by atoms with van der Waals surface area (Å²) in [6.07, 6.45) is 0.975. The van der Waals surface area contributed by atoms with Gasteiger partial charge in [-0.25, -0.2) is 9.78 Å². The van der Waals surface area contributed by atoms with Crippen molar-refractivity contribution in [1.29, 1.82) is 0 Å². The summed E-state index contributed by atoms with van der Waals surface area (Å²) in [6, 6.07) is 20.5. The fourth-order valence-corrected chi connectivity index (χ4v) is 5.93. The Kier molecular flexibility index (Phi) is 12.0. The molecular formula is C36H41N5O7. The molecule has 1 aromatic heterocycles. The lowest BCUT2D eigenvalue weighted by Gasteiger charge is -2.28. The van der Waals surface area contributed by atoms with Crippen molar-refractivity contribution in [3.05, 3.63) is 102 Å². The number of carbonyl (C=O) groups is 4. The standard InChI is InChI=1S/C36H41N5O7/c1-47-36(46)33(43)29(16-23-8-3-2-4-9-23)40-35(45)30(19-27-20-38-22-39-27)41-34(44)26(18-31(42)32-21-37-14-15-48-32)17-25-12-7-11-24-10-5-6-13-28(24)25/h2-13,20,22,26,29-30,32-33,37,43H,14-19,21H2,1H3,(H,38,39)(H,40,45)(H,41,44)/t26?,29-,30-,32?,33?/m0/s1. The van der Waals surface area contributed by atoms with E-state index in [1.807, 2.05) is 72.8 Å². The number of methoxy groups -OCH3 is 1. The van der Waals surface area contributed by atoms with Crippen molar-refractivity contribution in [1.82, 2.24) is 25.9 Å². The number of carbonyl (C=O) groups excluding carboxylic acids is 4. The number of hydrogen-bond acceptors (Lipinski definition) is 9. The molecular weight excluding hydrogens is 614 g/mol. The Bertz CT molecular complexity index is 1670. The molecule has 4 aromatic rings. The maximum Gasteiger partial charge on any atom is 0.336 e. The van der Waals surface area contributed by atoms with Gasteiger partial charge in [-0.1, -0.05) is 72.8 Å². The molecule has 0 radical (unpaired) electrons. The van der Waals surface area contributed by atoms with Gasteiger partial charge in [-0.05, 0) is 34.7 Å². The Balaban J connectivity index is 1.40. The molecule has 3 aromatic carbocycles. The van der Waals surface area contributed by atoms with Crippen LogP contribution in [0.4, 0.5) is 0 Å². The van der Waals surface area contributed by atoms with E-state index in [-0.39, 0.29) is 31.5 Å². The molecule has 1 aliphatic rings. The van der Waals surface area contributed by atoms with E-state index < -0.39 is 48.0 Å². The summed E-state index contributed by atoms with van der Waals surface area (Å²) in [5.41, 5.74) is 2.24. The minimum atomic E-state index is -1.66. The maximum absolute atomic E-state index is 14.2. The highest BCUT2D eigenvalue weighted by Crippen LogP contribution is 2.24. The van der Waals surface area contributed by atoms with Crippen LogP contribution in [-0.4, -0.2) is 89.7 Å². The molecule has 2 amide bonds. The van der Waals surface area contributed by atoms with Crippen molar-refractivity contribution >= 4 is 34.3 Å². The first-order valence-electron chi connectivity index (χ1n) is 16.0. The minimum Gasteiger partial charge on any atom is -0.467 e. The summed E-state index contributed by atoms with van der Waals surface area (Å²) >= 11 is 0. The number of H-pyrrole nitrogens is 1. The van der Waals surface area contributed by atoms with E-state index in [2.05, 4.69) is 25.9 Å². The van der Waals surface area contributed by atoms with Gasteiger partial charge in [-0.3, -0.25) is 14.4 Å². The summed E-state index contributed by atoms with van der Waals surface area (Å²) in [6.45, 7) is 1.40. The third-order valence-electron chi connectivity index (χ3n) is 8.51. The zero-order valence-electron chi connectivity index (χ0n) is 26.8. The topological polar surface area (TPSA) is 172 Å². The van der Waals surface area contributed by atoms with E-state index in [0.717, 1.165) is 29.0 Å². The van der Waals surface area contributed by atoms with Crippen LogP contribution in [0.25, 0.3) is 10.8 Å². The molecule has 0 spiro atoms. The number of esters is 1. The van der Waals surface area contributed by atoms with Crippen LogP contribution >= 0.6 is 0 Å². The van der Waals surface area contributed by atoms with Crippen LogP contribution in [0.2, 0.25) is 0 Å². The lowest BCUT2D eigenvalue weighted by Crippen LogP contribution is -2.56. The number of benzene rings is 3. The van der Waals surface area contributed by atoms with Crippen molar-refractivity contribution in [2.45, 2.75) is 50.0 Å². The first-order valence-corrected chi connectivity index (χ1v) is 16.0. The molecule has 48 heavy (non-hydrogen) atoms. The second kappa shape index (κ2) is 16.8. The number of imidazole rings is 1. The number of fused-ring (bicyclic) bond motifs is 1. The predicted octanol–water partition coefficient (Wildman–Crippen LogP) is 1.66. The van der Waals surface area contributed by atoms with Gasteiger partial charge in [0.2, 0.25) is 11.8 Å². The van der Waals surface area contributed by atoms with Gasteiger partial charge in [0.25, 0.3) is 0 Å². The van der Waals surface area contributed by atoms with Crippen LogP contribution in [-0.2, 0) is 47.9 Å². The monoisotopic (exact) mass is 655 g/mol. The largest absolute Gasteiger partial charge is 0.467 e. The highest BCUT2D eigenvalue weighted by atomic mass is 16.5. The molecule has 5 N–H and O–H groups in total. The molecule has 252 valence electrons. The Morgan fingerprint density at radius 1 is 0.958 bits per heavy atom. The first kappa shape index (κ1) is 34.4. The first-order chi connectivity index (χ1) is 23.3. The zero-order chi connectivity index (χ0) is 33.9. The molecule has 1 saturated heterocycles.